The van der Waals surface area contributed by atoms with E-state index in [0.29, 0.717) is 30.4 Å². The molecule has 0 atom stereocenters. The van der Waals surface area contributed by atoms with E-state index in [-0.39, 0.29) is 12.1 Å². The molecule has 6 heteroatoms. The van der Waals surface area contributed by atoms with Crippen LogP contribution in [0.25, 0.3) is 22.0 Å². The smallest absolute Gasteiger partial charge is 0.261 e. The average molecular weight is 426 g/mol. The van der Waals surface area contributed by atoms with Crippen molar-refractivity contribution in [3.8, 4) is 22.8 Å². The van der Waals surface area contributed by atoms with Crippen LogP contribution >= 0.6 is 0 Å². The molecule has 0 unspecified atom stereocenters. The Bertz CT molecular complexity index is 1360. The van der Waals surface area contributed by atoms with Crippen LogP contribution < -0.4 is 20.3 Å². The molecule has 32 heavy (non-hydrogen) atoms. The van der Waals surface area contributed by atoms with E-state index in [0.717, 1.165) is 28.3 Å². The number of amides is 1. The third kappa shape index (κ3) is 4.07. The van der Waals surface area contributed by atoms with Crippen molar-refractivity contribution in [1.82, 2.24) is 10.3 Å². The van der Waals surface area contributed by atoms with E-state index in [1.807, 2.05) is 60.7 Å². The minimum atomic E-state index is -0.427. The first-order chi connectivity index (χ1) is 15.7. The maximum absolute atomic E-state index is 12.6. The van der Waals surface area contributed by atoms with Gasteiger partial charge in [0, 0.05) is 18.7 Å². The Morgan fingerprint density at radius 1 is 0.875 bits per heavy atom. The Balaban J connectivity index is 1.31. The zero-order valence-corrected chi connectivity index (χ0v) is 17.4. The maximum Gasteiger partial charge on any atom is 0.261 e. The van der Waals surface area contributed by atoms with Gasteiger partial charge in [-0.2, -0.15) is 0 Å². The summed E-state index contributed by atoms with van der Waals surface area (Å²) in [5, 5.41) is 5.02. The summed E-state index contributed by atoms with van der Waals surface area (Å²) in [6.45, 7) is 1.50. The number of aromatic nitrogens is 1. The summed E-state index contributed by atoms with van der Waals surface area (Å²) in [6, 6.07) is 22.9. The number of pyridine rings is 1. The molecule has 4 aromatic rings. The van der Waals surface area contributed by atoms with Crippen molar-refractivity contribution in [1.29, 1.82) is 0 Å². The number of carbonyl (C=O) groups is 1. The molecule has 5 rings (SSSR count). The van der Waals surface area contributed by atoms with Gasteiger partial charge in [0.05, 0.1) is 13.2 Å². The van der Waals surface area contributed by atoms with Gasteiger partial charge < -0.3 is 19.8 Å². The molecule has 6 nitrogen and oxygen atoms in total. The van der Waals surface area contributed by atoms with Gasteiger partial charge in [0.15, 0.2) is 11.5 Å². The quantitative estimate of drug-likeness (QED) is 0.510. The van der Waals surface area contributed by atoms with Crippen molar-refractivity contribution in [3.05, 3.63) is 94.3 Å². The third-order valence-corrected chi connectivity index (χ3v) is 5.48. The lowest BCUT2D eigenvalue weighted by molar-refractivity contribution is 0.0949. The highest BCUT2D eigenvalue weighted by atomic mass is 16.5. The molecule has 2 N–H and O–H groups in total. The van der Waals surface area contributed by atoms with Crippen LogP contribution in [0.15, 0.2) is 77.6 Å². The van der Waals surface area contributed by atoms with Crippen LogP contribution in [0.1, 0.15) is 22.3 Å². The summed E-state index contributed by atoms with van der Waals surface area (Å²) in [6.07, 6.45) is 0.832. The van der Waals surface area contributed by atoms with Crippen molar-refractivity contribution in [2.24, 2.45) is 0 Å². The second-order valence-corrected chi connectivity index (χ2v) is 7.69. The normalized spacial score (nSPS) is 12.9. The fourth-order valence-electron chi connectivity index (χ4n) is 3.77. The Morgan fingerprint density at radius 3 is 2.53 bits per heavy atom. The molecule has 3 aromatic carbocycles. The first-order valence-electron chi connectivity index (χ1n) is 10.6. The number of benzene rings is 3. The fourth-order valence-corrected chi connectivity index (χ4v) is 3.77. The number of ether oxygens (including phenoxy) is 2. The van der Waals surface area contributed by atoms with Gasteiger partial charge in [-0.3, -0.25) is 9.59 Å². The highest BCUT2D eigenvalue weighted by Crippen LogP contribution is 2.30. The van der Waals surface area contributed by atoms with Crippen molar-refractivity contribution >= 4 is 16.7 Å². The van der Waals surface area contributed by atoms with E-state index in [2.05, 4.69) is 10.3 Å². The van der Waals surface area contributed by atoms with Crippen LogP contribution in [0.2, 0.25) is 0 Å². The molecule has 1 aromatic heterocycles. The minimum absolute atomic E-state index is 0.0730. The SMILES string of the molecule is O=C(NCc1ccc2c(c1)OCCCO2)c1ccc(-c2ccc3ccccc3c2)[nH]c1=O. The Hall–Kier alpha value is -4.06. The number of fused-ring (bicyclic) bond motifs is 2. The molecule has 2 heterocycles. The van der Waals surface area contributed by atoms with Gasteiger partial charge in [0.1, 0.15) is 5.56 Å². The number of aromatic amines is 1. The van der Waals surface area contributed by atoms with E-state index in [1.165, 1.54) is 0 Å². The van der Waals surface area contributed by atoms with Crippen LogP contribution in [0.5, 0.6) is 11.5 Å². The third-order valence-electron chi connectivity index (χ3n) is 5.48. The predicted molar refractivity (Wildman–Crippen MR) is 123 cm³/mol. The second kappa shape index (κ2) is 8.59. The summed E-state index contributed by atoms with van der Waals surface area (Å²) >= 11 is 0. The highest BCUT2D eigenvalue weighted by Gasteiger charge is 2.14. The molecule has 0 fully saturated rings. The lowest BCUT2D eigenvalue weighted by Gasteiger charge is -2.10. The molecular formula is C26H22N2O4. The number of nitrogens with one attached hydrogen (secondary N) is 2. The maximum atomic E-state index is 12.6. The summed E-state index contributed by atoms with van der Waals surface area (Å²) in [5.41, 5.74) is 2.07. The molecule has 0 spiro atoms. The van der Waals surface area contributed by atoms with Crippen molar-refractivity contribution < 1.29 is 14.3 Å². The Morgan fingerprint density at radius 2 is 1.69 bits per heavy atom. The molecular weight excluding hydrogens is 404 g/mol. The van der Waals surface area contributed by atoms with E-state index in [4.69, 9.17) is 9.47 Å². The van der Waals surface area contributed by atoms with E-state index in [9.17, 15) is 9.59 Å². The number of rotatable bonds is 4. The van der Waals surface area contributed by atoms with Gasteiger partial charge in [0.25, 0.3) is 11.5 Å². The average Bonchev–Trinajstić information content (AvgIpc) is 3.07. The van der Waals surface area contributed by atoms with Gasteiger partial charge >= 0.3 is 0 Å². The summed E-state index contributed by atoms with van der Waals surface area (Å²) < 4.78 is 11.3. The summed E-state index contributed by atoms with van der Waals surface area (Å²) in [4.78, 5) is 28.1. The van der Waals surface area contributed by atoms with E-state index >= 15 is 0 Å². The molecule has 0 saturated heterocycles. The number of H-pyrrole nitrogens is 1. The van der Waals surface area contributed by atoms with Crippen molar-refractivity contribution in [2.45, 2.75) is 13.0 Å². The Kier molecular flexibility index (Phi) is 5.34. The van der Waals surface area contributed by atoms with E-state index in [1.54, 1.807) is 12.1 Å². The highest BCUT2D eigenvalue weighted by molar-refractivity contribution is 5.94. The van der Waals surface area contributed by atoms with Gasteiger partial charge in [0.2, 0.25) is 0 Å². The first kappa shape index (κ1) is 19.9. The summed E-state index contributed by atoms with van der Waals surface area (Å²) in [7, 11) is 0. The van der Waals surface area contributed by atoms with Crippen LogP contribution in [-0.2, 0) is 6.54 Å². The monoisotopic (exact) mass is 426 g/mol. The molecule has 0 bridgehead atoms. The number of hydrogen-bond acceptors (Lipinski definition) is 4. The largest absolute Gasteiger partial charge is 0.490 e. The zero-order chi connectivity index (χ0) is 21.9. The first-order valence-corrected chi connectivity index (χ1v) is 10.6. The van der Waals surface area contributed by atoms with Crippen LogP contribution in [0, 0.1) is 0 Å². The van der Waals surface area contributed by atoms with Gasteiger partial charge in [-0.05, 0) is 52.2 Å². The predicted octanol–water partition coefficient (Wildman–Crippen LogP) is 4.29. The lowest BCUT2D eigenvalue weighted by atomic mass is 10.0. The summed E-state index contributed by atoms with van der Waals surface area (Å²) in [5.74, 6) is 0.952. The minimum Gasteiger partial charge on any atom is -0.490 e. The van der Waals surface area contributed by atoms with Crippen LogP contribution in [-0.4, -0.2) is 24.1 Å². The van der Waals surface area contributed by atoms with Gasteiger partial charge in [-0.15, -0.1) is 0 Å². The van der Waals surface area contributed by atoms with Crippen molar-refractivity contribution in [2.75, 3.05) is 13.2 Å². The number of carbonyl (C=O) groups excluding carboxylic acids is 1. The molecule has 160 valence electrons. The van der Waals surface area contributed by atoms with Crippen molar-refractivity contribution in [3.63, 3.8) is 0 Å². The van der Waals surface area contributed by atoms with Gasteiger partial charge in [-0.25, -0.2) is 0 Å². The lowest BCUT2D eigenvalue weighted by Crippen LogP contribution is -2.29. The Labute approximate surface area is 184 Å². The standard InChI is InChI=1S/C26H22N2O4/c29-25(27-16-17-6-11-23-24(14-17)32-13-3-12-31-23)21-9-10-22(28-26(21)30)20-8-7-18-4-1-2-5-19(18)15-20/h1-2,4-11,14-15H,3,12-13,16H2,(H,27,29)(H,28,30). The molecule has 1 aliphatic heterocycles. The molecule has 0 aliphatic carbocycles. The molecule has 0 saturated carbocycles. The molecule has 0 radical (unpaired) electrons. The number of hydrogen-bond donors (Lipinski definition) is 2. The molecule has 1 amide bonds. The zero-order valence-electron chi connectivity index (χ0n) is 17.4. The van der Waals surface area contributed by atoms with E-state index < -0.39 is 11.5 Å². The molecule has 1 aliphatic rings. The topological polar surface area (TPSA) is 80.4 Å². The van der Waals surface area contributed by atoms with Gasteiger partial charge in [-0.1, -0.05) is 42.5 Å². The van der Waals surface area contributed by atoms with Crippen LogP contribution in [0.3, 0.4) is 0 Å². The van der Waals surface area contributed by atoms with Crippen LogP contribution in [0.4, 0.5) is 0 Å². The second-order valence-electron chi connectivity index (χ2n) is 7.69. The fraction of sp³-hybridized carbons (Fsp3) is 0.154.